The average molecular weight is 921 g/mol. The molecule has 3 unspecified atom stereocenters. The van der Waals surface area contributed by atoms with Crippen LogP contribution in [0.25, 0.3) is 0 Å². The minimum absolute atomic E-state index is 0.0114. The maximum Gasteiger partial charge on any atom is 0.268 e. The van der Waals surface area contributed by atoms with Gasteiger partial charge in [-0.1, -0.05) is 217 Å². The smallest absolute Gasteiger partial charge is 0.268 e. The van der Waals surface area contributed by atoms with Crippen molar-refractivity contribution in [3.63, 3.8) is 0 Å². The number of carbonyl (C=O) groups is 1. The number of amides is 1. The van der Waals surface area contributed by atoms with Gasteiger partial charge in [-0.25, -0.2) is 0 Å². The number of unbranched alkanes of at least 4 members (excludes halogenated alkanes) is 30. The lowest BCUT2D eigenvalue weighted by Gasteiger charge is -2.29. The monoisotopic (exact) mass is 921 g/mol. The van der Waals surface area contributed by atoms with Gasteiger partial charge in [0.2, 0.25) is 5.91 Å². The first-order valence-electron chi connectivity index (χ1n) is 27.0. The van der Waals surface area contributed by atoms with E-state index in [1.807, 2.05) is 27.2 Å². The first-order chi connectivity index (χ1) is 31.0. The van der Waals surface area contributed by atoms with Crippen molar-refractivity contribution in [2.24, 2.45) is 0 Å². The highest BCUT2D eigenvalue weighted by atomic mass is 31.2. The van der Waals surface area contributed by atoms with Gasteiger partial charge < -0.3 is 28.8 Å². The highest BCUT2D eigenvalue weighted by molar-refractivity contribution is 7.45. The number of nitrogens with zero attached hydrogens (tertiary/aromatic N) is 1. The van der Waals surface area contributed by atoms with Gasteiger partial charge in [0.15, 0.2) is 0 Å². The highest BCUT2D eigenvalue weighted by Gasteiger charge is 2.23. The molecule has 0 heterocycles. The third kappa shape index (κ3) is 48.4. The van der Waals surface area contributed by atoms with Crippen molar-refractivity contribution in [2.45, 2.75) is 257 Å². The molecule has 0 aromatic heterocycles. The molecule has 64 heavy (non-hydrogen) atoms. The van der Waals surface area contributed by atoms with E-state index in [4.69, 9.17) is 9.05 Å². The van der Waals surface area contributed by atoms with Gasteiger partial charge in [-0.05, 0) is 70.6 Å². The van der Waals surface area contributed by atoms with Gasteiger partial charge >= 0.3 is 0 Å². The van der Waals surface area contributed by atoms with Crippen LogP contribution in [0.5, 0.6) is 0 Å². The number of phosphoric acid groups is 1. The van der Waals surface area contributed by atoms with E-state index in [0.717, 1.165) is 64.2 Å². The number of nitrogens with one attached hydrogen (secondary N) is 1. The Balaban J connectivity index is 4.24. The Morgan fingerprint density at radius 2 is 0.875 bits per heavy atom. The molecule has 376 valence electrons. The van der Waals surface area contributed by atoms with Crippen LogP contribution in [0.1, 0.15) is 245 Å². The average Bonchev–Trinajstić information content (AvgIpc) is 3.25. The summed E-state index contributed by atoms with van der Waals surface area (Å²) < 4.78 is 23.2. The lowest BCUT2D eigenvalue weighted by Crippen LogP contribution is -2.45. The van der Waals surface area contributed by atoms with Crippen molar-refractivity contribution in [3.05, 3.63) is 48.6 Å². The van der Waals surface area contributed by atoms with Crippen LogP contribution in [0.3, 0.4) is 0 Å². The molecule has 0 bridgehead atoms. The molecule has 0 aromatic carbocycles. The number of hydrogen-bond donors (Lipinski definition) is 2. The minimum Gasteiger partial charge on any atom is -0.756 e. The molecule has 0 spiro atoms. The fourth-order valence-corrected chi connectivity index (χ4v) is 8.43. The van der Waals surface area contributed by atoms with E-state index in [-0.39, 0.29) is 12.5 Å². The van der Waals surface area contributed by atoms with Crippen molar-refractivity contribution in [1.82, 2.24) is 5.32 Å². The topological polar surface area (TPSA) is 108 Å². The fourth-order valence-electron chi connectivity index (χ4n) is 7.71. The molecule has 8 nitrogen and oxygen atoms in total. The molecule has 2 N–H and O–H groups in total. The van der Waals surface area contributed by atoms with E-state index < -0.39 is 26.6 Å². The van der Waals surface area contributed by atoms with Crippen LogP contribution in [0.4, 0.5) is 0 Å². The van der Waals surface area contributed by atoms with Crippen molar-refractivity contribution >= 4 is 13.7 Å². The first-order valence-corrected chi connectivity index (χ1v) is 28.5. The molecule has 0 aliphatic carbocycles. The highest BCUT2D eigenvalue weighted by Crippen LogP contribution is 2.38. The summed E-state index contributed by atoms with van der Waals surface area (Å²) in [7, 11) is 1.23. The van der Waals surface area contributed by atoms with Gasteiger partial charge in [0.25, 0.3) is 7.82 Å². The van der Waals surface area contributed by atoms with E-state index in [2.05, 4.69) is 55.6 Å². The molecule has 3 atom stereocenters. The third-order valence-electron chi connectivity index (χ3n) is 12.0. The Labute approximate surface area is 397 Å². The quantitative estimate of drug-likeness (QED) is 0.0272. The van der Waals surface area contributed by atoms with Crippen LogP contribution in [-0.2, 0) is 18.4 Å². The summed E-state index contributed by atoms with van der Waals surface area (Å²) in [6, 6.07) is -0.914. The van der Waals surface area contributed by atoms with Crippen LogP contribution in [0.15, 0.2) is 48.6 Å². The van der Waals surface area contributed by atoms with Crippen molar-refractivity contribution in [2.75, 3.05) is 40.9 Å². The predicted octanol–water partition coefficient (Wildman–Crippen LogP) is 15.3. The Hall–Kier alpha value is -1.54. The molecule has 9 heteroatoms. The van der Waals surface area contributed by atoms with Gasteiger partial charge in [0, 0.05) is 6.42 Å². The molecule has 0 saturated carbocycles. The summed E-state index contributed by atoms with van der Waals surface area (Å²) in [5.74, 6) is -0.221. The minimum atomic E-state index is -4.61. The number of hydrogen-bond acceptors (Lipinski definition) is 6. The Bertz CT molecular complexity index is 1180. The largest absolute Gasteiger partial charge is 0.756 e. The standard InChI is InChI=1S/C55H105N2O6P/c1-6-8-10-12-14-16-18-20-21-22-23-24-25-26-27-28-29-30-31-32-33-34-35-37-38-40-42-44-46-48-54(58)53(52-63-64(60,61)62-51-50-57(3,4)5)56-55(59)49-47-45-43-41-39-36-19-17-15-13-11-9-7-2/h17,19,33-34,38,40,46,48,53-54,58H,6-16,18,20-32,35-37,39,41-45,47,49-52H2,1-5H3,(H-,56,59,60,61)/b19-17-,34-33+,40-38+,48-46+. The zero-order valence-electron chi connectivity index (χ0n) is 42.7. The second-order valence-electron chi connectivity index (χ2n) is 19.6. The normalized spacial score (nSPS) is 14.4. The zero-order chi connectivity index (χ0) is 47.1. The molecule has 0 saturated heterocycles. The number of quaternary nitrogens is 1. The lowest BCUT2D eigenvalue weighted by atomic mass is 10.0. The summed E-state index contributed by atoms with van der Waals surface area (Å²) in [6.07, 6.45) is 60.6. The van der Waals surface area contributed by atoms with Gasteiger partial charge in [-0.3, -0.25) is 9.36 Å². The summed E-state index contributed by atoms with van der Waals surface area (Å²) in [5.41, 5.74) is 0. The number of rotatable bonds is 49. The van der Waals surface area contributed by atoms with Crippen molar-refractivity contribution < 1.29 is 32.9 Å². The molecule has 0 aromatic rings. The molecule has 0 aliphatic rings. The second-order valence-corrected chi connectivity index (χ2v) is 21.0. The number of allylic oxidation sites excluding steroid dienone is 7. The first kappa shape index (κ1) is 62.5. The molecular weight excluding hydrogens is 816 g/mol. The molecule has 0 radical (unpaired) electrons. The third-order valence-corrected chi connectivity index (χ3v) is 13.0. The molecule has 0 aliphatic heterocycles. The number of aliphatic hydroxyl groups excluding tert-OH is 1. The van der Waals surface area contributed by atoms with E-state index in [1.165, 1.54) is 161 Å². The zero-order valence-corrected chi connectivity index (χ0v) is 43.6. The Morgan fingerprint density at radius 3 is 1.28 bits per heavy atom. The second kappa shape index (κ2) is 46.6. The number of aliphatic hydroxyl groups is 1. The Morgan fingerprint density at radius 1 is 0.531 bits per heavy atom. The number of carbonyl (C=O) groups excluding carboxylic acids is 1. The number of phosphoric ester groups is 1. The van der Waals surface area contributed by atoms with E-state index >= 15 is 0 Å². The maximum absolute atomic E-state index is 12.9. The van der Waals surface area contributed by atoms with Crippen LogP contribution in [-0.4, -0.2) is 68.5 Å². The van der Waals surface area contributed by atoms with Gasteiger partial charge in [0.1, 0.15) is 13.2 Å². The Kier molecular flexibility index (Phi) is 45.4. The summed E-state index contributed by atoms with van der Waals surface area (Å²) in [6.45, 7) is 4.60. The molecule has 0 fully saturated rings. The maximum atomic E-state index is 12.9. The predicted molar refractivity (Wildman–Crippen MR) is 274 cm³/mol. The van der Waals surface area contributed by atoms with E-state index in [0.29, 0.717) is 17.4 Å². The number of likely N-dealkylation sites (N-methyl/N-ethyl adjacent to an activating group) is 1. The van der Waals surface area contributed by atoms with Crippen LogP contribution < -0.4 is 10.2 Å². The molecule has 1 amide bonds. The van der Waals surface area contributed by atoms with Crippen LogP contribution in [0.2, 0.25) is 0 Å². The van der Waals surface area contributed by atoms with E-state index in [9.17, 15) is 19.4 Å². The van der Waals surface area contributed by atoms with Crippen LogP contribution >= 0.6 is 7.82 Å². The van der Waals surface area contributed by atoms with Gasteiger partial charge in [-0.2, -0.15) is 0 Å². The molecular formula is C55H105N2O6P. The SMILES string of the molecule is CCCCCC/C=C\CCCCCCCC(=O)NC(COP(=O)([O-])OCC[N+](C)(C)C)C(O)/C=C/CC/C=C/CC/C=C/CCCCCCCCCCCCCCCCCCCCC. The molecule has 0 rings (SSSR count). The van der Waals surface area contributed by atoms with Crippen LogP contribution in [0, 0.1) is 0 Å². The van der Waals surface area contributed by atoms with Gasteiger partial charge in [0.05, 0.1) is 39.9 Å². The van der Waals surface area contributed by atoms with E-state index in [1.54, 1.807) is 6.08 Å². The summed E-state index contributed by atoms with van der Waals surface area (Å²) in [4.78, 5) is 25.3. The summed E-state index contributed by atoms with van der Waals surface area (Å²) >= 11 is 0. The van der Waals surface area contributed by atoms with Crippen molar-refractivity contribution in [1.29, 1.82) is 0 Å². The van der Waals surface area contributed by atoms with Crippen molar-refractivity contribution in [3.8, 4) is 0 Å². The fraction of sp³-hybridized carbons (Fsp3) is 0.836. The summed E-state index contributed by atoms with van der Waals surface area (Å²) in [5, 5.41) is 13.8. The van der Waals surface area contributed by atoms with Gasteiger partial charge in [-0.15, -0.1) is 0 Å². The lowest BCUT2D eigenvalue weighted by molar-refractivity contribution is -0.870.